The fraction of sp³-hybridized carbons (Fsp3) is 0.0385. The zero-order valence-electron chi connectivity index (χ0n) is 17.4. The normalized spacial score (nSPS) is 12.6. The minimum Gasteiger partial charge on any atom is -0.353 e. The van der Waals surface area contributed by atoms with Crippen LogP contribution in [0.5, 0.6) is 0 Å². The van der Waals surface area contributed by atoms with Crippen LogP contribution in [0.15, 0.2) is 73.8 Å². The van der Waals surface area contributed by atoms with E-state index in [1.54, 1.807) is 24.5 Å². The molecule has 3 heterocycles. The number of rotatable bonds is 4. The molecule has 0 saturated carbocycles. The molecule has 156 valence electrons. The highest BCUT2D eigenvalue weighted by Gasteiger charge is 2.12. The van der Waals surface area contributed by atoms with Crippen LogP contribution in [0.25, 0.3) is 51.1 Å². The molecule has 3 aromatic heterocycles. The number of hydrogen-bond acceptors (Lipinski definition) is 3. The summed E-state index contributed by atoms with van der Waals surface area (Å²) in [5.41, 5.74) is 6.26. The molecule has 0 radical (unpaired) electrons. The molecule has 2 aromatic carbocycles. The van der Waals surface area contributed by atoms with Gasteiger partial charge in [0.1, 0.15) is 17.8 Å². The van der Waals surface area contributed by atoms with Gasteiger partial charge >= 0.3 is 0 Å². The van der Waals surface area contributed by atoms with Crippen molar-refractivity contribution >= 4 is 28.6 Å². The lowest BCUT2D eigenvalue weighted by Crippen LogP contribution is -2.23. The third kappa shape index (κ3) is 3.52. The highest BCUT2D eigenvalue weighted by Crippen LogP contribution is 2.31. The van der Waals surface area contributed by atoms with Crippen molar-refractivity contribution in [2.75, 3.05) is 0 Å². The zero-order chi connectivity index (χ0) is 22.1. The van der Waals surface area contributed by atoms with Crippen molar-refractivity contribution in [3.63, 3.8) is 0 Å². The molecule has 0 saturated heterocycles. The maximum atomic E-state index is 13.4. The summed E-state index contributed by atoms with van der Waals surface area (Å²) in [5, 5.41) is 10.5. The number of fused-ring (bicyclic) bond motifs is 1. The minimum atomic E-state index is -0.250. The number of halogens is 1. The van der Waals surface area contributed by atoms with Gasteiger partial charge in [-0.3, -0.25) is 5.10 Å². The molecule has 0 aliphatic carbocycles. The number of benzene rings is 2. The van der Waals surface area contributed by atoms with Gasteiger partial charge in [0.15, 0.2) is 0 Å². The molecule has 2 N–H and O–H groups in total. The summed E-state index contributed by atoms with van der Waals surface area (Å²) in [4.78, 5) is 11.6. The Balaban J connectivity index is 1.67. The number of aromatic nitrogens is 5. The molecule has 0 unspecified atom stereocenters. The molecule has 0 fully saturated rings. The van der Waals surface area contributed by atoms with Crippen LogP contribution in [0, 0.1) is 5.82 Å². The molecular formula is C26H20FN5. The molecule has 5 rings (SSSR count). The number of aromatic amines is 2. The van der Waals surface area contributed by atoms with Crippen molar-refractivity contribution in [3.05, 3.63) is 95.8 Å². The second-order valence-electron chi connectivity index (χ2n) is 7.44. The van der Waals surface area contributed by atoms with Crippen LogP contribution in [0.3, 0.4) is 0 Å². The number of allylic oxidation sites excluding steroid dienone is 1. The van der Waals surface area contributed by atoms with E-state index < -0.39 is 0 Å². The second-order valence-corrected chi connectivity index (χ2v) is 7.44. The molecule has 6 heteroatoms. The number of H-pyrrole nitrogens is 2. The summed E-state index contributed by atoms with van der Waals surface area (Å²) in [6.45, 7) is 6.14. The summed E-state index contributed by atoms with van der Waals surface area (Å²) in [6.07, 6.45) is 8.93. The van der Waals surface area contributed by atoms with Gasteiger partial charge in [-0.1, -0.05) is 36.9 Å². The van der Waals surface area contributed by atoms with Crippen molar-refractivity contribution in [1.29, 1.82) is 0 Å². The van der Waals surface area contributed by atoms with Gasteiger partial charge in [0.2, 0.25) is 0 Å². The largest absolute Gasteiger partial charge is 0.353 e. The van der Waals surface area contributed by atoms with E-state index in [2.05, 4.69) is 37.8 Å². The average molecular weight is 421 g/mol. The van der Waals surface area contributed by atoms with Gasteiger partial charge in [-0.05, 0) is 54.0 Å². The first-order valence-electron chi connectivity index (χ1n) is 10.2. The van der Waals surface area contributed by atoms with E-state index in [4.69, 9.17) is 0 Å². The van der Waals surface area contributed by atoms with Crippen LogP contribution >= 0.6 is 0 Å². The fourth-order valence-corrected chi connectivity index (χ4v) is 3.82. The Morgan fingerprint density at radius 3 is 2.59 bits per heavy atom. The number of nitrogens with zero attached hydrogens (tertiary/aromatic N) is 3. The van der Waals surface area contributed by atoms with Gasteiger partial charge < -0.3 is 4.98 Å². The van der Waals surface area contributed by atoms with E-state index in [0.717, 1.165) is 55.1 Å². The molecule has 0 atom stereocenters. The zero-order valence-corrected chi connectivity index (χ0v) is 17.4. The Morgan fingerprint density at radius 1 is 1.06 bits per heavy atom. The molecule has 32 heavy (non-hydrogen) atoms. The van der Waals surface area contributed by atoms with E-state index >= 15 is 0 Å². The first kappa shape index (κ1) is 19.6. The van der Waals surface area contributed by atoms with E-state index in [0.29, 0.717) is 0 Å². The highest BCUT2D eigenvalue weighted by molar-refractivity contribution is 5.98. The van der Waals surface area contributed by atoms with E-state index in [9.17, 15) is 4.39 Å². The van der Waals surface area contributed by atoms with Crippen LogP contribution in [0.4, 0.5) is 4.39 Å². The Kier molecular flexibility index (Phi) is 4.95. The van der Waals surface area contributed by atoms with Crippen LogP contribution in [-0.4, -0.2) is 25.1 Å². The highest BCUT2D eigenvalue weighted by atomic mass is 19.1. The summed E-state index contributed by atoms with van der Waals surface area (Å²) in [5.74, 6) is -0.250. The van der Waals surface area contributed by atoms with Gasteiger partial charge in [0, 0.05) is 34.1 Å². The van der Waals surface area contributed by atoms with Crippen LogP contribution in [0.1, 0.15) is 12.5 Å². The lowest BCUT2D eigenvalue weighted by Gasteiger charge is -2.03. The van der Waals surface area contributed by atoms with E-state index in [1.165, 1.54) is 18.5 Å². The Morgan fingerprint density at radius 2 is 1.84 bits per heavy atom. The van der Waals surface area contributed by atoms with Crippen molar-refractivity contribution < 1.29 is 4.39 Å². The van der Waals surface area contributed by atoms with Gasteiger partial charge in [0.05, 0.1) is 11.0 Å². The SMILES string of the molecule is C=C(/C=c1/c(-c2cc3c(-c4ccc(F)cc4)cccc3[nH]2)n[nH]/c1=C/C)c1cncnc1. The third-order valence-electron chi connectivity index (χ3n) is 5.45. The van der Waals surface area contributed by atoms with Crippen molar-refractivity contribution in [1.82, 2.24) is 25.1 Å². The van der Waals surface area contributed by atoms with Gasteiger partial charge in [-0.15, -0.1) is 0 Å². The predicted molar refractivity (Wildman–Crippen MR) is 126 cm³/mol. The molecule has 0 bridgehead atoms. The lowest BCUT2D eigenvalue weighted by atomic mass is 10.0. The summed E-state index contributed by atoms with van der Waals surface area (Å²) in [7, 11) is 0. The standard InChI is InChI=1S/C26H20FN5/c1-3-23-22(11-16(2)18-13-28-15-29-14-18)26(32-31-23)25-12-21-20(5-4-6-24(21)30-25)17-7-9-19(27)10-8-17/h3-15,30-31H,2H2,1H3/b22-11+,23-3+. The Labute approximate surface area is 183 Å². The van der Waals surface area contributed by atoms with Gasteiger partial charge in [0.25, 0.3) is 0 Å². The Bertz CT molecular complexity index is 1540. The maximum Gasteiger partial charge on any atom is 0.123 e. The summed E-state index contributed by atoms with van der Waals surface area (Å²) < 4.78 is 13.4. The van der Waals surface area contributed by atoms with Gasteiger partial charge in [-0.25, -0.2) is 14.4 Å². The second kappa shape index (κ2) is 8.07. The molecule has 0 spiro atoms. The topological polar surface area (TPSA) is 70.2 Å². The number of hydrogen-bond donors (Lipinski definition) is 2. The van der Waals surface area contributed by atoms with Gasteiger partial charge in [-0.2, -0.15) is 5.10 Å². The molecule has 0 aliphatic rings. The molecule has 0 amide bonds. The van der Waals surface area contributed by atoms with Crippen LogP contribution in [0.2, 0.25) is 0 Å². The van der Waals surface area contributed by atoms with E-state index in [1.807, 2.05) is 37.3 Å². The molecule has 0 aliphatic heterocycles. The fourth-order valence-electron chi connectivity index (χ4n) is 3.82. The monoisotopic (exact) mass is 421 g/mol. The van der Waals surface area contributed by atoms with Crippen molar-refractivity contribution in [2.24, 2.45) is 0 Å². The van der Waals surface area contributed by atoms with Crippen molar-refractivity contribution in [2.45, 2.75) is 6.92 Å². The number of nitrogens with one attached hydrogen (secondary N) is 2. The summed E-state index contributed by atoms with van der Waals surface area (Å²) >= 11 is 0. The molecule has 5 aromatic rings. The summed E-state index contributed by atoms with van der Waals surface area (Å²) in [6, 6.07) is 14.7. The quantitative estimate of drug-likeness (QED) is 0.450. The predicted octanol–water partition coefficient (Wildman–Crippen LogP) is 4.45. The lowest BCUT2D eigenvalue weighted by molar-refractivity contribution is 0.628. The van der Waals surface area contributed by atoms with E-state index in [-0.39, 0.29) is 5.82 Å². The minimum absolute atomic E-state index is 0.250. The van der Waals surface area contributed by atoms with Crippen molar-refractivity contribution in [3.8, 4) is 22.5 Å². The smallest absolute Gasteiger partial charge is 0.123 e. The molecule has 5 nitrogen and oxygen atoms in total. The Hall–Kier alpha value is -4.32. The van der Waals surface area contributed by atoms with Crippen LogP contribution < -0.4 is 10.6 Å². The van der Waals surface area contributed by atoms with Crippen LogP contribution in [-0.2, 0) is 0 Å². The first-order valence-corrected chi connectivity index (χ1v) is 10.2. The maximum absolute atomic E-state index is 13.4. The average Bonchev–Trinajstić information content (AvgIpc) is 3.43. The first-order chi connectivity index (χ1) is 15.6. The third-order valence-corrected chi connectivity index (χ3v) is 5.45. The molecular weight excluding hydrogens is 401 g/mol.